The van der Waals surface area contributed by atoms with Gasteiger partial charge in [-0.2, -0.15) is 0 Å². The van der Waals surface area contributed by atoms with Gasteiger partial charge in [-0.3, -0.25) is 0 Å². The molecular formula is C15H17NO5. The van der Waals surface area contributed by atoms with E-state index in [1.807, 2.05) is 30.3 Å². The number of hydrogen-bond acceptors (Lipinski definition) is 6. The third-order valence-electron chi connectivity index (χ3n) is 3.80. The largest absolute Gasteiger partial charge is 0.394 e. The van der Waals surface area contributed by atoms with E-state index in [9.17, 15) is 20.4 Å². The summed E-state index contributed by atoms with van der Waals surface area (Å²) >= 11 is 0. The maximum atomic E-state index is 10.1. The number of nitrogens with zero attached hydrogens (tertiary/aromatic N) is 1. The van der Waals surface area contributed by atoms with E-state index < -0.39 is 37.1 Å². The van der Waals surface area contributed by atoms with Crippen molar-refractivity contribution in [3.05, 3.63) is 42.1 Å². The molecule has 2 aromatic rings. The molecule has 0 radical (unpaired) electrons. The predicted molar refractivity (Wildman–Crippen MR) is 74.5 cm³/mol. The molecule has 1 aromatic carbocycles. The van der Waals surface area contributed by atoms with Crippen LogP contribution in [-0.2, 0) is 4.74 Å². The Hall–Kier alpha value is -1.57. The fourth-order valence-corrected chi connectivity index (χ4v) is 2.59. The Balaban J connectivity index is 1.96. The lowest BCUT2D eigenvalue weighted by Gasteiger charge is -2.39. The molecule has 6 heteroatoms. The van der Waals surface area contributed by atoms with Gasteiger partial charge in [0.2, 0.25) is 0 Å². The van der Waals surface area contributed by atoms with Gasteiger partial charge in [-0.05, 0) is 12.1 Å². The first-order chi connectivity index (χ1) is 10.1. The van der Waals surface area contributed by atoms with Crippen molar-refractivity contribution < 1.29 is 25.2 Å². The highest BCUT2D eigenvalue weighted by Crippen LogP contribution is 2.32. The molecule has 1 aliphatic rings. The summed E-state index contributed by atoms with van der Waals surface area (Å²) in [5, 5.41) is 39.8. The number of aromatic nitrogens is 1. The van der Waals surface area contributed by atoms with Crippen molar-refractivity contribution in [2.45, 2.75) is 30.5 Å². The van der Waals surface area contributed by atoms with Crippen molar-refractivity contribution in [1.82, 2.24) is 4.98 Å². The van der Waals surface area contributed by atoms with E-state index in [-0.39, 0.29) is 0 Å². The van der Waals surface area contributed by atoms with Crippen LogP contribution in [0.3, 0.4) is 0 Å². The molecule has 0 aliphatic carbocycles. The molecule has 0 spiro atoms. The van der Waals surface area contributed by atoms with Gasteiger partial charge >= 0.3 is 0 Å². The van der Waals surface area contributed by atoms with Gasteiger partial charge in [0.05, 0.1) is 17.8 Å². The van der Waals surface area contributed by atoms with Crippen LogP contribution in [0.2, 0.25) is 0 Å². The second kappa shape index (κ2) is 5.67. The van der Waals surface area contributed by atoms with E-state index in [2.05, 4.69) is 4.98 Å². The monoisotopic (exact) mass is 291 g/mol. The molecule has 1 aromatic heterocycles. The van der Waals surface area contributed by atoms with Crippen LogP contribution in [0.4, 0.5) is 0 Å². The molecule has 1 aliphatic heterocycles. The number of aliphatic hydroxyl groups excluding tert-OH is 4. The lowest BCUT2D eigenvalue weighted by molar-refractivity contribution is -0.232. The summed E-state index contributed by atoms with van der Waals surface area (Å²) in [7, 11) is 0. The summed E-state index contributed by atoms with van der Waals surface area (Å²) in [5.74, 6) is 0. The summed E-state index contributed by atoms with van der Waals surface area (Å²) in [4.78, 5) is 4.42. The Kier molecular flexibility index (Phi) is 3.88. The lowest BCUT2D eigenvalue weighted by Crippen LogP contribution is -2.55. The maximum absolute atomic E-state index is 10.1. The summed E-state index contributed by atoms with van der Waals surface area (Å²) in [6.45, 7) is -0.449. The van der Waals surface area contributed by atoms with Crippen LogP contribution >= 0.6 is 0 Å². The zero-order valence-corrected chi connectivity index (χ0v) is 11.2. The van der Waals surface area contributed by atoms with Crippen LogP contribution < -0.4 is 0 Å². The van der Waals surface area contributed by atoms with Crippen LogP contribution in [0.25, 0.3) is 10.9 Å². The van der Waals surface area contributed by atoms with E-state index in [0.717, 1.165) is 10.9 Å². The van der Waals surface area contributed by atoms with Crippen LogP contribution in [0, 0.1) is 0 Å². The number of para-hydroxylation sites is 1. The predicted octanol–water partition coefficient (Wildman–Crippen LogP) is -0.250. The number of ether oxygens (including phenoxy) is 1. The van der Waals surface area contributed by atoms with Gasteiger partial charge in [-0.15, -0.1) is 0 Å². The molecule has 2 heterocycles. The van der Waals surface area contributed by atoms with Crippen molar-refractivity contribution in [2.75, 3.05) is 6.61 Å². The molecule has 0 amide bonds. The second-order valence-electron chi connectivity index (χ2n) is 5.18. The molecular weight excluding hydrogens is 274 g/mol. The fourth-order valence-electron chi connectivity index (χ4n) is 2.59. The van der Waals surface area contributed by atoms with Gasteiger partial charge in [0.15, 0.2) is 0 Å². The topological polar surface area (TPSA) is 103 Å². The second-order valence-corrected chi connectivity index (χ2v) is 5.18. The molecule has 6 nitrogen and oxygen atoms in total. The Bertz CT molecular complexity index is 632. The highest BCUT2D eigenvalue weighted by Gasteiger charge is 2.44. The molecule has 1 saturated heterocycles. The Morgan fingerprint density at radius 2 is 1.71 bits per heavy atom. The maximum Gasteiger partial charge on any atom is 0.128 e. The molecule has 5 atom stereocenters. The molecule has 1 fully saturated rings. The lowest BCUT2D eigenvalue weighted by atomic mass is 9.93. The average Bonchev–Trinajstić information content (AvgIpc) is 2.52. The summed E-state index contributed by atoms with van der Waals surface area (Å²) in [5.41, 5.74) is 1.19. The van der Waals surface area contributed by atoms with Gasteiger partial charge < -0.3 is 25.2 Å². The average molecular weight is 291 g/mol. The first kappa shape index (κ1) is 14.4. The molecule has 112 valence electrons. The van der Waals surface area contributed by atoms with E-state index in [0.29, 0.717) is 5.69 Å². The summed E-state index contributed by atoms with van der Waals surface area (Å²) in [6, 6.07) is 11.1. The van der Waals surface area contributed by atoms with Gasteiger partial charge in [0, 0.05) is 5.39 Å². The van der Waals surface area contributed by atoms with E-state index in [1.165, 1.54) is 0 Å². The van der Waals surface area contributed by atoms with Crippen molar-refractivity contribution in [3.8, 4) is 0 Å². The van der Waals surface area contributed by atoms with E-state index >= 15 is 0 Å². The quantitative estimate of drug-likeness (QED) is 0.608. The molecule has 1 unspecified atom stereocenters. The van der Waals surface area contributed by atoms with Gasteiger partial charge in [0.25, 0.3) is 0 Å². The first-order valence-electron chi connectivity index (χ1n) is 6.78. The van der Waals surface area contributed by atoms with Crippen LogP contribution in [0.1, 0.15) is 11.8 Å². The third-order valence-corrected chi connectivity index (χ3v) is 3.80. The number of hydrogen-bond donors (Lipinski definition) is 4. The Morgan fingerprint density at radius 1 is 0.952 bits per heavy atom. The zero-order valence-electron chi connectivity index (χ0n) is 11.2. The highest BCUT2D eigenvalue weighted by molar-refractivity contribution is 5.78. The normalized spacial score (nSPS) is 33.2. The highest BCUT2D eigenvalue weighted by atomic mass is 16.5. The summed E-state index contributed by atoms with van der Waals surface area (Å²) < 4.78 is 5.49. The van der Waals surface area contributed by atoms with Gasteiger partial charge in [0.1, 0.15) is 30.5 Å². The standard InChI is InChI=1S/C15H17NO5/c17-7-11-12(18)13(19)14(20)15(21-11)10-6-5-8-3-1-2-4-9(8)16-10/h1-6,11-15,17-20H,7H2/t11-,12-,13+,14+,15?/m1/s1. The van der Waals surface area contributed by atoms with Gasteiger partial charge in [-0.1, -0.05) is 24.3 Å². The molecule has 21 heavy (non-hydrogen) atoms. The van der Waals surface area contributed by atoms with Crippen LogP contribution in [0.15, 0.2) is 36.4 Å². The van der Waals surface area contributed by atoms with E-state index in [4.69, 9.17) is 4.74 Å². The van der Waals surface area contributed by atoms with Crippen molar-refractivity contribution in [3.63, 3.8) is 0 Å². The number of fused-ring (bicyclic) bond motifs is 1. The summed E-state index contributed by atoms with van der Waals surface area (Å²) in [6.07, 6.45) is -5.89. The minimum atomic E-state index is -1.39. The van der Waals surface area contributed by atoms with Crippen LogP contribution in [0.5, 0.6) is 0 Å². The number of rotatable bonds is 2. The van der Waals surface area contributed by atoms with Crippen molar-refractivity contribution >= 4 is 10.9 Å². The SMILES string of the molecule is OC[C@H]1OC(c2ccc3ccccc3n2)[C@@H](O)[C@@H](O)[C@@H]1O. The Morgan fingerprint density at radius 3 is 2.48 bits per heavy atom. The van der Waals surface area contributed by atoms with Gasteiger partial charge in [-0.25, -0.2) is 4.98 Å². The van der Waals surface area contributed by atoms with Crippen molar-refractivity contribution in [2.24, 2.45) is 0 Å². The minimum absolute atomic E-state index is 0.449. The first-order valence-corrected chi connectivity index (χ1v) is 6.78. The molecule has 0 bridgehead atoms. The third kappa shape index (κ3) is 2.52. The molecule has 4 N–H and O–H groups in total. The van der Waals surface area contributed by atoms with Crippen molar-refractivity contribution in [1.29, 1.82) is 0 Å². The smallest absolute Gasteiger partial charge is 0.128 e. The Labute approximate surface area is 121 Å². The number of benzene rings is 1. The minimum Gasteiger partial charge on any atom is -0.394 e. The van der Waals surface area contributed by atoms with Crippen LogP contribution in [-0.4, -0.2) is 56.4 Å². The molecule has 0 saturated carbocycles. The zero-order chi connectivity index (χ0) is 15.0. The fraction of sp³-hybridized carbons (Fsp3) is 0.400. The van der Waals surface area contributed by atoms with E-state index in [1.54, 1.807) is 6.07 Å². The number of aliphatic hydroxyl groups is 4. The number of pyridine rings is 1. The molecule has 3 rings (SSSR count).